The average Bonchev–Trinajstić information content (AvgIpc) is 2.42. The zero-order valence-electron chi connectivity index (χ0n) is 11.2. The Morgan fingerprint density at radius 3 is 2.86 bits per heavy atom. The van der Waals surface area contributed by atoms with E-state index in [4.69, 9.17) is 11.6 Å². The molecule has 2 heterocycles. The molecule has 7 heteroatoms. The molecule has 0 atom stereocenters. The predicted molar refractivity (Wildman–Crippen MR) is 76.6 cm³/mol. The number of pyridine rings is 1. The summed E-state index contributed by atoms with van der Waals surface area (Å²) in [5.41, 5.74) is 0.716. The van der Waals surface area contributed by atoms with Crippen molar-refractivity contribution >= 4 is 34.2 Å². The van der Waals surface area contributed by atoms with Crippen LogP contribution in [0.3, 0.4) is 0 Å². The summed E-state index contributed by atoms with van der Waals surface area (Å²) in [5.74, 6) is -1.10. The van der Waals surface area contributed by atoms with Crippen molar-refractivity contribution in [3.8, 4) is 0 Å². The van der Waals surface area contributed by atoms with Crippen LogP contribution in [0, 0.1) is 18.6 Å². The first-order valence-electron chi connectivity index (χ1n) is 6.44. The molecular weight excluding hydrogens is 300 g/mol. The van der Waals surface area contributed by atoms with Gasteiger partial charge in [0.25, 0.3) is 0 Å². The smallest absolute Gasteiger partial charge is 0.239 e. The Balaban J connectivity index is 2.20. The van der Waals surface area contributed by atoms with E-state index in [9.17, 15) is 13.6 Å². The number of carbonyl (C=O) groups is 1. The van der Waals surface area contributed by atoms with Crippen LogP contribution in [0.15, 0.2) is 12.1 Å². The van der Waals surface area contributed by atoms with E-state index in [0.29, 0.717) is 24.5 Å². The highest BCUT2D eigenvalue weighted by Gasteiger charge is 2.22. The summed E-state index contributed by atoms with van der Waals surface area (Å²) in [7, 11) is 0. The summed E-state index contributed by atoms with van der Waals surface area (Å²) >= 11 is 6.21. The topological polar surface area (TPSA) is 45.2 Å². The van der Waals surface area contributed by atoms with Crippen molar-refractivity contribution in [1.29, 1.82) is 0 Å². The first-order chi connectivity index (χ1) is 9.97. The van der Waals surface area contributed by atoms with Crippen molar-refractivity contribution in [3.05, 3.63) is 34.4 Å². The van der Waals surface area contributed by atoms with Crippen molar-refractivity contribution in [2.45, 2.75) is 6.92 Å². The lowest BCUT2D eigenvalue weighted by Crippen LogP contribution is -2.48. The maximum Gasteiger partial charge on any atom is 0.239 e. The number of fused-ring (bicyclic) bond motifs is 1. The number of rotatable bonds is 1. The van der Waals surface area contributed by atoms with Crippen LogP contribution in [0.2, 0.25) is 5.02 Å². The number of anilines is 1. The summed E-state index contributed by atoms with van der Waals surface area (Å²) < 4.78 is 27.2. The maximum atomic E-state index is 13.9. The van der Waals surface area contributed by atoms with Crippen LogP contribution >= 0.6 is 11.6 Å². The van der Waals surface area contributed by atoms with Gasteiger partial charge in [0.1, 0.15) is 17.5 Å². The van der Waals surface area contributed by atoms with Crippen LogP contribution in [0.5, 0.6) is 0 Å². The van der Waals surface area contributed by atoms with Gasteiger partial charge in [0, 0.05) is 30.8 Å². The molecule has 0 unspecified atom stereocenters. The van der Waals surface area contributed by atoms with Crippen molar-refractivity contribution in [2.24, 2.45) is 0 Å². The molecule has 1 amide bonds. The second-order valence-electron chi connectivity index (χ2n) is 4.93. The Labute approximate surface area is 124 Å². The fourth-order valence-corrected chi connectivity index (χ4v) is 2.75. The van der Waals surface area contributed by atoms with E-state index in [0.717, 1.165) is 12.1 Å². The standard InChI is InChI=1S/C14H12ClF2N3O/c1-7-13(15)12-9(17)4-8(16)5-10(12)19-14(7)20-3-2-18-11(21)6-20/h4-5H,2-3,6H2,1H3,(H,18,21). The minimum absolute atomic E-state index is 0.0979. The van der Waals surface area contributed by atoms with Crippen LogP contribution in [-0.2, 0) is 4.79 Å². The Morgan fingerprint density at radius 2 is 2.14 bits per heavy atom. The molecule has 0 radical (unpaired) electrons. The number of halogens is 3. The molecular formula is C14H12ClF2N3O. The summed E-state index contributed by atoms with van der Waals surface area (Å²) in [6.07, 6.45) is 0. The third kappa shape index (κ3) is 2.40. The highest BCUT2D eigenvalue weighted by atomic mass is 35.5. The molecule has 0 saturated carbocycles. The van der Waals surface area contributed by atoms with Gasteiger partial charge in [-0.15, -0.1) is 0 Å². The maximum absolute atomic E-state index is 13.9. The van der Waals surface area contributed by atoms with E-state index in [2.05, 4.69) is 10.3 Å². The van der Waals surface area contributed by atoms with E-state index in [1.165, 1.54) is 0 Å². The van der Waals surface area contributed by atoms with Gasteiger partial charge in [-0.05, 0) is 6.92 Å². The molecule has 3 rings (SSSR count). The SMILES string of the molecule is Cc1c(N2CCNC(=O)C2)nc2cc(F)cc(F)c2c1Cl. The lowest BCUT2D eigenvalue weighted by molar-refractivity contribution is -0.120. The van der Waals surface area contributed by atoms with Gasteiger partial charge in [0.15, 0.2) is 0 Å². The fraction of sp³-hybridized carbons (Fsp3) is 0.286. The van der Waals surface area contributed by atoms with E-state index in [-0.39, 0.29) is 28.4 Å². The van der Waals surface area contributed by atoms with E-state index in [1.807, 2.05) is 0 Å². The molecule has 1 N–H and O–H groups in total. The molecule has 1 fully saturated rings. The molecule has 110 valence electrons. The van der Waals surface area contributed by atoms with Gasteiger partial charge in [0.05, 0.1) is 22.5 Å². The number of benzene rings is 1. The van der Waals surface area contributed by atoms with Crippen molar-refractivity contribution in [2.75, 3.05) is 24.5 Å². The molecule has 1 saturated heterocycles. The number of nitrogens with one attached hydrogen (secondary N) is 1. The predicted octanol–water partition coefficient (Wildman–Crippen LogP) is 2.41. The molecule has 1 aliphatic heterocycles. The number of aromatic nitrogens is 1. The number of carbonyl (C=O) groups excluding carboxylic acids is 1. The van der Waals surface area contributed by atoms with Crippen LogP contribution < -0.4 is 10.2 Å². The largest absolute Gasteiger partial charge is 0.353 e. The highest BCUT2D eigenvalue weighted by molar-refractivity contribution is 6.36. The third-order valence-corrected chi connectivity index (χ3v) is 3.96. The van der Waals surface area contributed by atoms with Crippen LogP contribution in [0.1, 0.15) is 5.56 Å². The van der Waals surface area contributed by atoms with Crippen molar-refractivity contribution in [3.63, 3.8) is 0 Å². The second kappa shape index (κ2) is 5.11. The van der Waals surface area contributed by atoms with Crippen molar-refractivity contribution < 1.29 is 13.6 Å². The lowest BCUT2D eigenvalue weighted by atomic mass is 10.1. The summed E-state index contributed by atoms with van der Waals surface area (Å²) in [5, 5.41) is 3.00. The van der Waals surface area contributed by atoms with Gasteiger partial charge < -0.3 is 10.2 Å². The number of amides is 1. The number of hydrogen-bond acceptors (Lipinski definition) is 3. The van der Waals surface area contributed by atoms with Gasteiger partial charge in [-0.2, -0.15) is 0 Å². The molecule has 0 aliphatic carbocycles. The van der Waals surface area contributed by atoms with Gasteiger partial charge in [0.2, 0.25) is 5.91 Å². The Kier molecular flexibility index (Phi) is 3.41. The summed E-state index contributed by atoms with van der Waals surface area (Å²) in [6.45, 7) is 2.92. The molecule has 0 bridgehead atoms. The second-order valence-corrected chi connectivity index (χ2v) is 5.31. The minimum atomic E-state index is -0.742. The zero-order chi connectivity index (χ0) is 15.1. The van der Waals surface area contributed by atoms with E-state index in [1.54, 1.807) is 11.8 Å². The number of nitrogens with zero attached hydrogens (tertiary/aromatic N) is 2. The normalized spacial score (nSPS) is 15.4. The number of hydrogen-bond donors (Lipinski definition) is 1. The molecule has 1 aromatic heterocycles. The fourth-order valence-electron chi connectivity index (χ4n) is 2.48. The van der Waals surface area contributed by atoms with Crippen LogP contribution in [0.25, 0.3) is 10.9 Å². The number of piperazine rings is 1. The van der Waals surface area contributed by atoms with Crippen LogP contribution in [-0.4, -0.2) is 30.5 Å². The molecule has 1 aromatic carbocycles. The van der Waals surface area contributed by atoms with Gasteiger partial charge in [-0.3, -0.25) is 4.79 Å². The average molecular weight is 312 g/mol. The van der Waals surface area contributed by atoms with Crippen molar-refractivity contribution in [1.82, 2.24) is 10.3 Å². The summed E-state index contributed by atoms with van der Waals surface area (Å²) in [4.78, 5) is 17.5. The first kappa shape index (κ1) is 14.0. The molecule has 1 aliphatic rings. The van der Waals surface area contributed by atoms with E-state index < -0.39 is 11.6 Å². The Morgan fingerprint density at radius 1 is 1.38 bits per heavy atom. The monoisotopic (exact) mass is 311 g/mol. The summed E-state index contributed by atoms with van der Waals surface area (Å²) in [6, 6.07) is 1.92. The molecule has 2 aromatic rings. The van der Waals surface area contributed by atoms with Gasteiger partial charge in [-0.25, -0.2) is 13.8 Å². The Bertz CT molecular complexity index is 751. The van der Waals surface area contributed by atoms with E-state index >= 15 is 0 Å². The van der Waals surface area contributed by atoms with Gasteiger partial charge >= 0.3 is 0 Å². The Hall–Kier alpha value is -1.95. The molecule has 0 spiro atoms. The van der Waals surface area contributed by atoms with Crippen LogP contribution in [0.4, 0.5) is 14.6 Å². The molecule has 4 nitrogen and oxygen atoms in total. The first-order valence-corrected chi connectivity index (χ1v) is 6.81. The lowest BCUT2D eigenvalue weighted by Gasteiger charge is -2.29. The zero-order valence-corrected chi connectivity index (χ0v) is 12.0. The minimum Gasteiger partial charge on any atom is -0.353 e. The quantitative estimate of drug-likeness (QED) is 0.879. The highest BCUT2D eigenvalue weighted by Crippen LogP contribution is 2.34. The van der Waals surface area contributed by atoms with Gasteiger partial charge in [-0.1, -0.05) is 11.6 Å². The molecule has 21 heavy (non-hydrogen) atoms. The third-order valence-electron chi connectivity index (χ3n) is 3.48.